The predicted octanol–water partition coefficient (Wildman–Crippen LogP) is 4.02. The summed E-state index contributed by atoms with van der Waals surface area (Å²) in [6.07, 6.45) is 1.02. The Hall–Kier alpha value is -2.73. The molecule has 1 atom stereocenters. The van der Waals surface area contributed by atoms with Gasteiger partial charge in [-0.1, -0.05) is 67.6 Å². The average Bonchev–Trinajstić information content (AvgIpc) is 2.72. The summed E-state index contributed by atoms with van der Waals surface area (Å²) in [4.78, 5) is 28.5. The van der Waals surface area contributed by atoms with E-state index in [0.29, 0.717) is 23.9 Å². The highest BCUT2D eigenvalue weighted by Crippen LogP contribution is 2.40. The van der Waals surface area contributed by atoms with Gasteiger partial charge < -0.3 is 9.32 Å². The molecule has 0 aliphatic rings. The van der Waals surface area contributed by atoms with Crippen molar-refractivity contribution in [1.82, 2.24) is 0 Å². The maximum Gasteiger partial charge on any atom is 0.294 e. The molecule has 0 saturated carbocycles. The molecule has 6 nitrogen and oxygen atoms in total. The summed E-state index contributed by atoms with van der Waals surface area (Å²) >= 11 is 0. The van der Waals surface area contributed by atoms with Crippen molar-refractivity contribution in [2.75, 3.05) is 27.2 Å². The third-order valence-electron chi connectivity index (χ3n) is 5.99. The molecule has 0 amide bonds. The number of quaternary nitrogens is 1. The highest BCUT2D eigenvalue weighted by molar-refractivity contribution is 5.93. The maximum atomic E-state index is 13.5. The summed E-state index contributed by atoms with van der Waals surface area (Å²) in [6, 6.07) is 19.9. The lowest BCUT2D eigenvalue weighted by molar-refractivity contribution is -0.919. The van der Waals surface area contributed by atoms with Crippen LogP contribution in [0.2, 0.25) is 0 Å². The van der Waals surface area contributed by atoms with Crippen molar-refractivity contribution >= 4 is 5.78 Å². The lowest BCUT2D eigenvalue weighted by Crippen LogP contribution is -2.53. The van der Waals surface area contributed by atoms with Crippen LogP contribution in [0.1, 0.15) is 37.8 Å². The molecule has 0 heterocycles. The van der Waals surface area contributed by atoms with Crippen LogP contribution in [-0.4, -0.2) is 48.6 Å². The second-order valence-corrected chi connectivity index (χ2v) is 8.03. The summed E-state index contributed by atoms with van der Waals surface area (Å²) < 4.78 is 0.506. The van der Waals surface area contributed by atoms with E-state index in [1.54, 1.807) is 0 Å². The quantitative estimate of drug-likeness (QED) is 0.325. The first kappa shape index (κ1) is 22.6. The van der Waals surface area contributed by atoms with Crippen LogP contribution in [0.25, 0.3) is 0 Å². The van der Waals surface area contributed by atoms with E-state index in [-0.39, 0.29) is 18.4 Å². The summed E-state index contributed by atoms with van der Waals surface area (Å²) in [5.74, 6) is 0.170. The first-order chi connectivity index (χ1) is 13.7. The molecule has 0 aliphatic heterocycles. The van der Waals surface area contributed by atoms with E-state index >= 15 is 0 Å². The monoisotopic (exact) mass is 399 g/mol. The van der Waals surface area contributed by atoms with Crippen LogP contribution < -0.4 is 0 Å². The van der Waals surface area contributed by atoms with Gasteiger partial charge in [0.05, 0.1) is 25.6 Å². The molecule has 0 saturated heterocycles. The predicted molar refractivity (Wildman–Crippen MR) is 113 cm³/mol. The molecule has 0 aliphatic carbocycles. The Bertz CT molecular complexity index is 767. The highest BCUT2D eigenvalue weighted by Gasteiger charge is 2.44. The van der Waals surface area contributed by atoms with Gasteiger partial charge in [0.2, 0.25) is 0 Å². The van der Waals surface area contributed by atoms with Crippen LogP contribution in [0.5, 0.6) is 0 Å². The van der Waals surface area contributed by atoms with Gasteiger partial charge in [0.25, 0.3) is 5.09 Å². The van der Waals surface area contributed by atoms with Crippen molar-refractivity contribution in [2.45, 2.75) is 38.1 Å². The van der Waals surface area contributed by atoms with Gasteiger partial charge in [0, 0.05) is 12.8 Å². The Kier molecular flexibility index (Phi) is 7.51. The van der Waals surface area contributed by atoms with Crippen LogP contribution in [0.4, 0.5) is 0 Å². The zero-order chi connectivity index (χ0) is 21.5. The van der Waals surface area contributed by atoms with E-state index in [4.69, 9.17) is 0 Å². The van der Waals surface area contributed by atoms with Crippen LogP contribution in [0.15, 0.2) is 60.7 Å². The van der Waals surface area contributed by atoms with Gasteiger partial charge in [0.15, 0.2) is 0 Å². The van der Waals surface area contributed by atoms with Crippen LogP contribution in [0.3, 0.4) is 0 Å². The zero-order valence-electron chi connectivity index (χ0n) is 17.7. The average molecular weight is 400 g/mol. The summed E-state index contributed by atoms with van der Waals surface area (Å²) in [5, 5.41) is 9.75. The smallest absolute Gasteiger partial charge is 0.294 e. The van der Waals surface area contributed by atoms with Crippen LogP contribution in [0, 0.1) is 10.1 Å². The van der Waals surface area contributed by atoms with E-state index < -0.39 is 10.5 Å². The van der Waals surface area contributed by atoms with E-state index in [0.717, 1.165) is 11.1 Å². The third-order valence-corrected chi connectivity index (χ3v) is 5.99. The summed E-state index contributed by atoms with van der Waals surface area (Å²) in [7, 11) is 4.04. The number of hydrogen-bond acceptors (Lipinski definition) is 4. The standard InChI is InChI=1S/C23H31N2O4/c1-5-22(26)23(20-12-8-6-9-13-20,21-14-10-7-11-15-21)18-19(2)25(3,4)16-17-29-24(27)28/h6-15,19H,5,16-18H2,1-4H3/q+1/t19-/m0/s1. The second kappa shape index (κ2) is 9.65. The molecule has 0 unspecified atom stereocenters. The normalized spacial score (nSPS) is 13.0. The Morgan fingerprint density at radius 2 is 1.55 bits per heavy atom. The highest BCUT2D eigenvalue weighted by atomic mass is 16.9. The Balaban J connectivity index is 2.47. The van der Waals surface area contributed by atoms with Gasteiger partial charge in [-0.3, -0.25) is 4.79 Å². The summed E-state index contributed by atoms with van der Waals surface area (Å²) in [5.41, 5.74) is 1.19. The number of Topliss-reactive ketones (excluding diaryl/α,β-unsaturated/α-hetero) is 1. The SMILES string of the molecule is CCC(=O)C(C[C@H](C)[N+](C)(C)CCO[N+](=O)[O-])(c1ccccc1)c1ccccc1. The van der Waals surface area contributed by atoms with Crippen molar-refractivity contribution < 1.29 is 19.2 Å². The maximum absolute atomic E-state index is 13.5. The van der Waals surface area contributed by atoms with Crippen molar-refractivity contribution in [2.24, 2.45) is 0 Å². The van der Waals surface area contributed by atoms with Gasteiger partial charge in [-0.2, -0.15) is 0 Å². The number of carbonyl (C=O) groups excluding carboxylic acids is 1. The topological polar surface area (TPSA) is 69.4 Å². The molecule has 0 spiro atoms. The number of ketones is 1. The molecule has 29 heavy (non-hydrogen) atoms. The summed E-state index contributed by atoms with van der Waals surface area (Å²) in [6.45, 7) is 4.49. The van der Waals surface area contributed by atoms with E-state index in [9.17, 15) is 14.9 Å². The lowest BCUT2D eigenvalue weighted by atomic mass is 9.66. The number of likely N-dealkylation sites (N-methyl/N-ethyl adjacent to an activating group) is 1. The van der Waals surface area contributed by atoms with Crippen molar-refractivity contribution in [3.8, 4) is 0 Å². The molecule has 2 aromatic carbocycles. The van der Waals surface area contributed by atoms with Gasteiger partial charge in [-0.05, 0) is 18.1 Å². The second-order valence-electron chi connectivity index (χ2n) is 8.03. The Morgan fingerprint density at radius 3 is 1.97 bits per heavy atom. The largest absolute Gasteiger partial charge is 0.325 e. The molecule has 2 aromatic rings. The fourth-order valence-corrected chi connectivity index (χ4v) is 3.85. The molecule has 0 aromatic heterocycles. The van der Waals surface area contributed by atoms with Gasteiger partial charge >= 0.3 is 0 Å². The number of rotatable bonds is 11. The molecule has 0 fully saturated rings. The number of benzene rings is 2. The van der Waals surface area contributed by atoms with E-state index in [1.165, 1.54) is 0 Å². The molecule has 0 radical (unpaired) electrons. The third kappa shape index (κ3) is 5.21. The van der Waals surface area contributed by atoms with Crippen molar-refractivity contribution in [3.63, 3.8) is 0 Å². The van der Waals surface area contributed by atoms with Gasteiger partial charge in [-0.25, -0.2) is 0 Å². The minimum absolute atomic E-state index is 0.0235. The van der Waals surface area contributed by atoms with Crippen molar-refractivity contribution in [3.05, 3.63) is 81.9 Å². The minimum Gasteiger partial charge on any atom is -0.325 e. The zero-order valence-corrected chi connectivity index (χ0v) is 17.7. The van der Waals surface area contributed by atoms with E-state index in [2.05, 4.69) is 11.8 Å². The fourth-order valence-electron chi connectivity index (χ4n) is 3.85. The Morgan fingerprint density at radius 1 is 1.07 bits per heavy atom. The van der Waals surface area contributed by atoms with Crippen molar-refractivity contribution in [1.29, 1.82) is 0 Å². The number of nitrogens with zero attached hydrogens (tertiary/aromatic N) is 2. The van der Waals surface area contributed by atoms with Crippen LogP contribution in [-0.2, 0) is 15.0 Å². The molecular weight excluding hydrogens is 368 g/mol. The first-order valence-corrected chi connectivity index (χ1v) is 9.98. The van der Waals surface area contributed by atoms with E-state index in [1.807, 2.05) is 81.7 Å². The van der Waals surface area contributed by atoms with Gasteiger partial charge in [-0.15, -0.1) is 10.1 Å². The number of carbonyl (C=O) groups is 1. The Labute approximate surface area is 172 Å². The van der Waals surface area contributed by atoms with Gasteiger partial charge in [0.1, 0.15) is 18.9 Å². The molecule has 0 bridgehead atoms. The molecular formula is C23H31N2O4+. The molecule has 6 heteroatoms. The van der Waals surface area contributed by atoms with Crippen LogP contribution >= 0.6 is 0 Å². The fraction of sp³-hybridized carbons (Fsp3) is 0.435. The first-order valence-electron chi connectivity index (χ1n) is 9.98. The minimum atomic E-state index is -0.768. The number of hydrogen-bond donors (Lipinski definition) is 0. The molecule has 0 N–H and O–H groups in total. The lowest BCUT2D eigenvalue weighted by Gasteiger charge is -2.42. The molecule has 2 rings (SSSR count). The molecule has 156 valence electrons.